The van der Waals surface area contributed by atoms with Gasteiger partial charge in [0.05, 0.1) is 48.4 Å². The number of benzene rings is 3. The van der Waals surface area contributed by atoms with Gasteiger partial charge in [0.15, 0.2) is 8.07 Å². The molecule has 0 aromatic heterocycles. The Morgan fingerprint density at radius 2 is 0.558 bits per heavy atom. The molecule has 3 aromatic carbocycles. The predicted octanol–water partition coefficient (Wildman–Crippen LogP) is 8.27. The highest BCUT2D eigenvalue weighted by Gasteiger charge is 2.57. The van der Waals surface area contributed by atoms with Gasteiger partial charge in [0, 0.05) is 0 Å². The van der Waals surface area contributed by atoms with Crippen LogP contribution in [0.3, 0.4) is 0 Å². The van der Waals surface area contributed by atoms with E-state index in [-0.39, 0.29) is 0 Å². The van der Waals surface area contributed by atoms with Gasteiger partial charge in [-0.2, -0.15) is 0 Å². The minimum absolute atomic E-state index is 0.407. The molecule has 0 nitrogen and oxygen atoms in total. The van der Waals surface area contributed by atoms with Gasteiger partial charge < -0.3 is 0 Å². The molecule has 1 atom stereocenters. The van der Waals surface area contributed by atoms with E-state index in [4.69, 9.17) is 0 Å². The van der Waals surface area contributed by atoms with Crippen LogP contribution < -0.4 is 46.7 Å². The number of rotatable bonds is 10. The number of hydrogen-bond acceptors (Lipinski definition) is 0. The Labute approximate surface area is 329 Å². The fraction of sp³-hybridized carbons (Fsp3) is 0.511. The van der Waals surface area contributed by atoms with E-state index in [0.29, 0.717) is 5.92 Å². The molecule has 0 aliphatic heterocycles. The second-order valence-electron chi connectivity index (χ2n) is 22.5. The summed E-state index contributed by atoms with van der Waals surface area (Å²) in [7, 11) is -14.4. The summed E-state index contributed by atoms with van der Waals surface area (Å²) in [4.78, 5) is 0. The molecule has 1 unspecified atom stereocenters. The van der Waals surface area contributed by atoms with E-state index in [2.05, 4.69) is 200 Å². The first-order chi connectivity index (χ1) is 23.3. The van der Waals surface area contributed by atoms with Crippen molar-refractivity contribution in [2.45, 2.75) is 146 Å². The van der Waals surface area contributed by atoms with Crippen molar-refractivity contribution in [2.24, 2.45) is 5.92 Å². The monoisotopic (exact) mass is 812 g/mol. The maximum absolute atomic E-state index is 3.08. The third-order valence-electron chi connectivity index (χ3n) is 12.2. The SMILES string of the molecule is CC1=C(C)C(C)C([Si](c2c([Si](C)(C)C)cccc2[Si](C)(C)C)(c2c([Si](C)(C)C)cccc2[Si](C)(C)C)c2c([Si](C)(C)C)cccc2[Si](C)(C)C)=C1C. The van der Waals surface area contributed by atoms with Gasteiger partial charge in [0.25, 0.3) is 0 Å². The average molecular weight is 814 g/mol. The molecule has 4 rings (SSSR count). The Morgan fingerprint density at radius 1 is 0.346 bits per heavy atom. The van der Waals surface area contributed by atoms with Crippen LogP contribution in [0.15, 0.2) is 76.5 Å². The van der Waals surface area contributed by atoms with Gasteiger partial charge in [-0.15, -0.1) is 0 Å². The molecular weight excluding hydrogens is 737 g/mol. The zero-order chi connectivity index (χ0) is 39.9. The molecule has 1 aliphatic rings. The third-order valence-corrected chi connectivity index (χ3v) is 31.4. The Balaban J connectivity index is 2.78. The maximum atomic E-state index is 2.65. The second-order valence-corrected chi connectivity index (χ2v) is 56.3. The zero-order valence-corrected chi connectivity index (χ0v) is 44.8. The summed E-state index contributed by atoms with van der Waals surface area (Å²) in [6.45, 7) is 57.9. The lowest BCUT2D eigenvalue weighted by atomic mass is 10.1. The highest BCUT2D eigenvalue weighted by molar-refractivity contribution is 7.27. The van der Waals surface area contributed by atoms with Crippen LogP contribution >= 0.6 is 0 Å². The van der Waals surface area contributed by atoms with Crippen LogP contribution in [0.1, 0.15) is 27.7 Å². The van der Waals surface area contributed by atoms with Crippen molar-refractivity contribution in [1.82, 2.24) is 0 Å². The lowest BCUT2D eigenvalue weighted by molar-refractivity contribution is 0.852. The van der Waals surface area contributed by atoms with E-state index in [9.17, 15) is 0 Å². The van der Waals surface area contributed by atoms with Gasteiger partial charge in [-0.05, 0) is 47.8 Å². The molecule has 0 amide bonds. The van der Waals surface area contributed by atoms with E-state index >= 15 is 0 Å². The first kappa shape index (κ1) is 43.4. The van der Waals surface area contributed by atoms with Crippen LogP contribution in [-0.4, -0.2) is 56.5 Å². The van der Waals surface area contributed by atoms with E-state index < -0.39 is 56.5 Å². The lowest BCUT2D eigenvalue weighted by Gasteiger charge is -2.50. The smallest absolute Gasteiger partial charge is 0.0656 e. The van der Waals surface area contributed by atoms with Crippen molar-refractivity contribution in [3.63, 3.8) is 0 Å². The van der Waals surface area contributed by atoms with Gasteiger partial charge in [-0.1, -0.05) is 227 Å². The lowest BCUT2D eigenvalue weighted by Crippen LogP contribution is -2.89. The van der Waals surface area contributed by atoms with Crippen LogP contribution in [0.5, 0.6) is 0 Å². The molecule has 0 saturated carbocycles. The topological polar surface area (TPSA) is 0 Å². The van der Waals surface area contributed by atoms with Gasteiger partial charge in [-0.3, -0.25) is 0 Å². The summed E-state index contributed by atoms with van der Waals surface area (Å²) < 4.78 is 0. The van der Waals surface area contributed by atoms with Crippen molar-refractivity contribution < 1.29 is 0 Å². The average Bonchev–Trinajstić information content (AvgIpc) is 3.17. The van der Waals surface area contributed by atoms with E-state index in [1.54, 1.807) is 47.8 Å². The summed E-state index contributed by atoms with van der Waals surface area (Å²) in [5, 5.41) is 17.9. The van der Waals surface area contributed by atoms with E-state index in [1.807, 2.05) is 20.8 Å². The summed E-state index contributed by atoms with van der Waals surface area (Å²) >= 11 is 0. The normalized spacial score (nSPS) is 17.1. The summed E-state index contributed by atoms with van der Waals surface area (Å²) in [6, 6.07) is 23.3. The number of hydrogen-bond donors (Lipinski definition) is 0. The molecule has 0 bridgehead atoms. The van der Waals surface area contributed by atoms with E-state index in [0.717, 1.165) is 0 Å². The van der Waals surface area contributed by atoms with Gasteiger partial charge in [0.2, 0.25) is 0 Å². The highest BCUT2D eigenvalue weighted by Crippen LogP contribution is 2.41. The van der Waals surface area contributed by atoms with Crippen molar-refractivity contribution in [3.8, 4) is 0 Å². The molecule has 0 saturated heterocycles. The standard InChI is InChI=1S/C45H76Si7/c1-32-33(2)35(4)42(34(32)3)52(43-36(46(5,6)7)26-23-27-37(43)47(8,9)10,44-38(48(11,12)13)28-24-29-39(44)49(14,15)16)45-40(50(17,18)19)30-25-31-41(45)51(20,21)22/h23-31,34H,1-22H3. The fourth-order valence-corrected chi connectivity index (χ4v) is 34.9. The van der Waals surface area contributed by atoms with Crippen LogP contribution in [0, 0.1) is 5.92 Å². The van der Waals surface area contributed by atoms with E-state index in [1.165, 1.54) is 0 Å². The Hall–Kier alpha value is -1.34. The molecule has 0 N–H and O–H groups in total. The maximum Gasteiger partial charge on any atom is 0.175 e. The van der Waals surface area contributed by atoms with Crippen molar-refractivity contribution in [2.75, 3.05) is 0 Å². The van der Waals surface area contributed by atoms with Crippen molar-refractivity contribution >= 4 is 103 Å². The van der Waals surface area contributed by atoms with Crippen LogP contribution in [0.25, 0.3) is 0 Å². The predicted molar refractivity (Wildman–Crippen MR) is 262 cm³/mol. The number of allylic oxidation sites excluding steroid dienone is 4. The Morgan fingerprint density at radius 3 is 0.712 bits per heavy atom. The molecule has 3 aromatic rings. The second kappa shape index (κ2) is 14.0. The minimum atomic E-state index is -3.08. The van der Waals surface area contributed by atoms with Crippen LogP contribution in [0.2, 0.25) is 118 Å². The first-order valence-corrected chi connectivity index (χ1v) is 43.1. The first-order valence-electron chi connectivity index (χ1n) is 20.1. The Kier molecular flexibility index (Phi) is 11.7. The molecule has 7 heteroatoms. The molecule has 0 spiro atoms. The Bertz CT molecular complexity index is 1640. The molecule has 1 aliphatic carbocycles. The largest absolute Gasteiger partial charge is 0.175 e. The molecular formula is C45H76Si7. The molecule has 284 valence electrons. The minimum Gasteiger partial charge on any atom is -0.0656 e. The zero-order valence-electron chi connectivity index (χ0n) is 37.8. The highest BCUT2D eigenvalue weighted by atomic mass is 28.3. The van der Waals surface area contributed by atoms with Gasteiger partial charge in [-0.25, -0.2) is 0 Å². The van der Waals surface area contributed by atoms with Crippen LogP contribution in [-0.2, 0) is 0 Å². The quantitative estimate of drug-likeness (QED) is 0.143. The van der Waals surface area contributed by atoms with Crippen molar-refractivity contribution in [3.05, 3.63) is 76.5 Å². The van der Waals surface area contributed by atoms with Gasteiger partial charge in [0.1, 0.15) is 0 Å². The molecule has 0 heterocycles. The molecule has 0 fully saturated rings. The van der Waals surface area contributed by atoms with Gasteiger partial charge >= 0.3 is 0 Å². The fourth-order valence-electron chi connectivity index (χ4n) is 9.37. The molecule has 0 radical (unpaired) electrons. The van der Waals surface area contributed by atoms with Crippen LogP contribution in [0.4, 0.5) is 0 Å². The summed E-state index contributed by atoms with van der Waals surface area (Å²) in [6.07, 6.45) is 0. The van der Waals surface area contributed by atoms with Crippen molar-refractivity contribution in [1.29, 1.82) is 0 Å². The summed E-state index contributed by atoms with van der Waals surface area (Å²) in [5.41, 5.74) is 4.77. The third kappa shape index (κ3) is 7.59. The molecule has 52 heavy (non-hydrogen) atoms. The summed E-state index contributed by atoms with van der Waals surface area (Å²) in [5.74, 6) is 0.407.